The molecule has 0 aromatic carbocycles. The molecule has 4 heteroatoms. The fourth-order valence-corrected chi connectivity index (χ4v) is 4.03. The lowest BCUT2D eigenvalue weighted by molar-refractivity contribution is 0.165. The molecule has 2 saturated heterocycles. The van der Waals surface area contributed by atoms with E-state index in [1.807, 2.05) is 0 Å². The van der Waals surface area contributed by atoms with Crippen molar-refractivity contribution < 1.29 is 4.21 Å². The van der Waals surface area contributed by atoms with Crippen molar-refractivity contribution in [3.63, 3.8) is 0 Å². The molecular weight excluding hydrogens is 232 g/mol. The van der Waals surface area contributed by atoms with E-state index in [1.165, 1.54) is 13.0 Å². The monoisotopic (exact) mass is 258 g/mol. The highest BCUT2D eigenvalue weighted by atomic mass is 32.2. The van der Waals surface area contributed by atoms with Gasteiger partial charge in [0.15, 0.2) is 0 Å². The second-order valence-corrected chi connectivity index (χ2v) is 9.17. The Hall–Kier alpha value is -0.0600. The summed E-state index contributed by atoms with van der Waals surface area (Å²) in [6.45, 7) is 11.1. The van der Waals surface area contributed by atoms with E-state index in [1.54, 1.807) is 6.26 Å². The van der Waals surface area contributed by atoms with E-state index in [9.17, 15) is 4.21 Å². The summed E-state index contributed by atoms with van der Waals surface area (Å²) >= 11 is 0. The molecule has 3 atom stereocenters. The maximum absolute atomic E-state index is 12.0. The van der Waals surface area contributed by atoms with Gasteiger partial charge in [-0.1, -0.05) is 0 Å². The van der Waals surface area contributed by atoms with Gasteiger partial charge in [-0.15, -0.1) is 0 Å². The van der Waals surface area contributed by atoms with E-state index in [0.717, 1.165) is 25.6 Å². The third kappa shape index (κ3) is 2.85. The topological polar surface area (TPSA) is 23.6 Å². The molecule has 2 heterocycles. The van der Waals surface area contributed by atoms with Crippen LogP contribution in [0.1, 0.15) is 27.2 Å². The lowest BCUT2D eigenvalue weighted by Crippen LogP contribution is -2.43. The van der Waals surface area contributed by atoms with Gasteiger partial charge in [-0.25, -0.2) is 4.31 Å². The highest BCUT2D eigenvalue weighted by Crippen LogP contribution is 2.35. The Labute approximate surface area is 106 Å². The Balaban J connectivity index is 2.04. The number of likely N-dealkylation sites (tertiary alicyclic amines) is 1. The van der Waals surface area contributed by atoms with Gasteiger partial charge in [-0.2, -0.15) is 0 Å². The van der Waals surface area contributed by atoms with Crippen molar-refractivity contribution in [2.75, 3.05) is 32.4 Å². The Kier molecular flexibility index (Phi) is 3.34. The summed E-state index contributed by atoms with van der Waals surface area (Å²) in [4.78, 5) is 2.58. The summed E-state index contributed by atoms with van der Waals surface area (Å²) in [5.74, 6) is 5.30. The Morgan fingerprint density at radius 1 is 1.18 bits per heavy atom. The van der Waals surface area contributed by atoms with E-state index in [2.05, 4.69) is 35.8 Å². The maximum atomic E-state index is 12.0. The summed E-state index contributed by atoms with van der Waals surface area (Å²) in [5, 5.41) is 0. The molecule has 3 unspecified atom stereocenters. The van der Waals surface area contributed by atoms with Crippen LogP contribution < -0.4 is 0 Å². The van der Waals surface area contributed by atoms with Crippen LogP contribution in [0.25, 0.3) is 0 Å². The second kappa shape index (κ2) is 4.25. The Bertz CT molecular complexity index is 383. The van der Waals surface area contributed by atoms with Gasteiger partial charge in [0.1, 0.15) is 0 Å². The molecule has 100 valence electrons. The van der Waals surface area contributed by atoms with Crippen LogP contribution in [0.3, 0.4) is 0 Å². The minimum absolute atomic E-state index is 0.264. The first-order valence-corrected chi connectivity index (χ1v) is 8.59. The lowest BCUT2D eigenvalue weighted by atomic mass is 9.90. The Morgan fingerprint density at radius 3 is 2.29 bits per heavy atom. The van der Waals surface area contributed by atoms with Crippen LogP contribution in [0.4, 0.5) is 0 Å². The van der Waals surface area contributed by atoms with Crippen molar-refractivity contribution >= 4 is 15.6 Å². The van der Waals surface area contributed by atoms with Crippen LogP contribution in [0.15, 0.2) is 0 Å². The highest BCUT2D eigenvalue weighted by molar-refractivity contribution is 7.97. The predicted octanol–water partition coefficient (Wildman–Crippen LogP) is 1.30. The lowest BCUT2D eigenvalue weighted by Gasteiger charge is -2.34. The molecule has 2 fully saturated rings. The maximum Gasteiger partial charge on any atom is 0.0245 e. The zero-order valence-electron chi connectivity index (χ0n) is 11.6. The molecule has 0 bridgehead atoms. The molecule has 0 spiro atoms. The summed E-state index contributed by atoms with van der Waals surface area (Å²) in [5.41, 5.74) is 0.264. The summed E-state index contributed by atoms with van der Waals surface area (Å²) in [7, 11) is -2.00. The van der Waals surface area contributed by atoms with Crippen molar-refractivity contribution in [1.29, 1.82) is 0 Å². The molecular formula is C13H26N2OS. The van der Waals surface area contributed by atoms with Gasteiger partial charge >= 0.3 is 0 Å². The minimum Gasteiger partial charge on any atom is -0.298 e. The van der Waals surface area contributed by atoms with Gasteiger partial charge < -0.3 is 0 Å². The quantitative estimate of drug-likeness (QED) is 0.662. The molecule has 17 heavy (non-hydrogen) atoms. The number of hydrogen-bond donors (Lipinski definition) is 0. The number of rotatable bonds is 1. The molecule has 0 N–H and O–H groups in total. The smallest absolute Gasteiger partial charge is 0.0245 e. The van der Waals surface area contributed by atoms with E-state index < -0.39 is 9.71 Å². The zero-order chi connectivity index (χ0) is 12.8. The van der Waals surface area contributed by atoms with E-state index in [0.29, 0.717) is 5.92 Å². The predicted molar refractivity (Wildman–Crippen MR) is 75.7 cm³/mol. The SMILES string of the molecule is C=S(C)(=O)N1CCC2CN(C(C)(C)C)CC2C1. The third-order valence-electron chi connectivity index (χ3n) is 4.26. The molecule has 2 aliphatic rings. The molecule has 3 nitrogen and oxygen atoms in total. The van der Waals surface area contributed by atoms with E-state index in [4.69, 9.17) is 0 Å². The van der Waals surface area contributed by atoms with Crippen LogP contribution in [0.2, 0.25) is 0 Å². The van der Waals surface area contributed by atoms with Gasteiger partial charge in [-0.05, 0) is 44.9 Å². The molecule has 0 saturated carbocycles. The normalized spacial score (nSPS) is 35.5. The first-order valence-electron chi connectivity index (χ1n) is 6.50. The van der Waals surface area contributed by atoms with Gasteiger partial charge in [0.2, 0.25) is 0 Å². The van der Waals surface area contributed by atoms with Gasteiger partial charge in [0, 0.05) is 47.7 Å². The highest BCUT2D eigenvalue weighted by Gasteiger charge is 2.41. The van der Waals surface area contributed by atoms with Crippen molar-refractivity contribution in [2.45, 2.75) is 32.7 Å². The summed E-state index contributed by atoms with van der Waals surface area (Å²) < 4.78 is 14.1. The molecule has 0 radical (unpaired) electrons. The molecule has 0 amide bonds. The van der Waals surface area contributed by atoms with E-state index in [-0.39, 0.29) is 5.54 Å². The molecule has 0 aromatic heterocycles. The van der Waals surface area contributed by atoms with Crippen molar-refractivity contribution in [3.8, 4) is 0 Å². The van der Waals surface area contributed by atoms with Crippen LogP contribution in [0, 0.1) is 11.8 Å². The average Bonchev–Trinajstić information content (AvgIpc) is 2.57. The number of piperidine rings is 1. The second-order valence-electron chi connectivity index (χ2n) is 6.73. The van der Waals surface area contributed by atoms with Gasteiger partial charge in [0.05, 0.1) is 0 Å². The number of hydrogen-bond acceptors (Lipinski definition) is 2. The third-order valence-corrected chi connectivity index (χ3v) is 5.68. The van der Waals surface area contributed by atoms with Crippen LogP contribution in [0.5, 0.6) is 0 Å². The molecule has 2 aliphatic heterocycles. The number of nitrogens with zero attached hydrogens (tertiary/aromatic N) is 2. The fourth-order valence-electron chi connectivity index (χ4n) is 3.03. The minimum atomic E-state index is -2.00. The van der Waals surface area contributed by atoms with Gasteiger partial charge in [-0.3, -0.25) is 9.11 Å². The van der Waals surface area contributed by atoms with Crippen LogP contribution >= 0.6 is 0 Å². The first kappa shape index (κ1) is 13.4. The Morgan fingerprint density at radius 2 is 1.76 bits per heavy atom. The van der Waals surface area contributed by atoms with Crippen molar-refractivity contribution in [2.24, 2.45) is 11.8 Å². The molecule has 0 aromatic rings. The average molecular weight is 258 g/mol. The standard InChI is InChI=1S/C13H26N2OS/c1-13(2,3)14-8-11-6-7-15(17(4,5)16)10-12(11)9-14/h11-12H,4,6-10H2,1-3,5H3. The summed E-state index contributed by atoms with van der Waals surface area (Å²) in [6.07, 6.45) is 2.95. The summed E-state index contributed by atoms with van der Waals surface area (Å²) in [6, 6.07) is 0. The van der Waals surface area contributed by atoms with Crippen LogP contribution in [-0.4, -0.2) is 57.3 Å². The van der Waals surface area contributed by atoms with Crippen molar-refractivity contribution in [3.05, 3.63) is 0 Å². The number of fused-ring (bicyclic) bond motifs is 1. The van der Waals surface area contributed by atoms with Crippen molar-refractivity contribution in [1.82, 2.24) is 9.21 Å². The van der Waals surface area contributed by atoms with Gasteiger partial charge in [0.25, 0.3) is 0 Å². The fraction of sp³-hybridized carbons (Fsp3) is 0.923. The molecule has 2 rings (SSSR count). The first-order chi connectivity index (χ1) is 7.68. The molecule has 0 aliphatic carbocycles. The zero-order valence-corrected chi connectivity index (χ0v) is 12.4. The van der Waals surface area contributed by atoms with E-state index >= 15 is 0 Å². The largest absolute Gasteiger partial charge is 0.298 e. The van der Waals surface area contributed by atoms with Crippen LogP contribution in [-0.2, 0) is 9.71 Å².